The van der Waals surface area contributed by atoms with E-state index in [9.17, 15) is 4.79 Å². The Bertz CT molecular complexity index is 1020. The van der Waals surface area contributed by atoms with E-state index in [2.05, 4.69) is 22.9 Å². The smallest absolute Gasteiger partial charge is 0.162 e. The van der Waals surface area contributed by atoms with Crippen LogP contribution in [0.1, 0.15) is 11.1 Å². The highest BCUT2D eigenvalue weighted by Crippen LogP contribution is 2.38. The van der Waals surface area contributed by atoms with Gasteiger partial charge in [-0.3, -0.25) is 4.98 Å². The molecule has 1 N–H and O–H groups in total. The highest BCUT2D eigenvalue weighted by atomic mass is 32.1. The number of nitrogens with zero attached hydrogens (tertiary/aromatic N) is 1. The molecule has 27 heavy (non-hydrogen) atoms. The molecule has 0 radical (unpaired) electrons. The number of amides is 1. The third-order valence-electron chi connectivity index (χ3n) is 4.19. The Balaban J connectivity index is 2.04. The van der Waals surface area contributed by atoms with Gasteiger partial charge in [-0.2, -0.15) is 0 Å². The van der Waals surface area contributed by atoms with Crippen molar-refractivity contribution in [2.75, 3.05) is 19.5 Å². The van der Waals surface area contributed by atoms with Crippen molar-refractivity contribution in [3.63, 3.8) is 0 Å². The van der Waals surface area contributed by atoms with E-state index < -0.39 is 5.24 Å². The van der Waals surface area contributed by atoms with Crippen LogP contribution < -0.4 is 19.5 Å². The summed E-state index contributed by atoms with van der Waals surface area (Å²) in [5.74, 6) is 2.52. The molecule has 140 valence electrons. The Morgan fingerprint density at radius 3 is 2.33 bits per heavy atom. The van der Waals surface area contributed by atoms with Crippen LogP contribution in [0.4, 0.5) is 10.5 Å². The topological polar surface area (TPSA) is 69.7 Å². The molecule has 0 saturated carbocycles. The predicted octanol–water partition coefficient (Wildman–Crippen LogP) is 4.74. The number of nitrogens with one attached hydrogen (secondary N) is 1. The van der Waals surface area contributed by atoms with E-state index in [0.717, 1.165) is 22.0 Å². The van der Waals surface area contributed by atoms with E-state index in [-0.39, 0.29) is 0 Å². The molecule has 0 unspecified atom stereocenters. The summed E-state index contributed by atoms with van der Waals surface area (Å²) in [5, 5.41) is 2.92. The molecule has 0 spiro atoms. The van der Waals surface area contributed by atoms with Gasteiger partial charge in [-0.25, -0.2) is 0 Å². The number of methoxy groups -OCH3 is 2. The normalized spacial score (nSPS) is 10.5. The number of anilines is 1. The maximum atomic E-state index is 11.2. The molecule has 0 aliphatic rings. The monoisotopic (exact) mass is 383 g/mol. The second-order valence-corrected chi connectivity index (χ2v) is 6.35. The molecule has 6 nitrogen and oxygen atoms in total. The molecule has 3 aromatic rings. The van der Waals surface area contributed by atoms with Crippen LogP contribution in [-0.2, 0) is 12.6 Å². The van der Waals surface area contributed by atoms with E-state index in [1.54, 1.807) is 32.5 Å². The van der Waals surface area contributed by atoms with E-state index in [1.165, 1.54) is 0 Å². The maximum absolute atomic E-state index is 11.2. The molecule has 0 bridgehead atoms. The SMILES string of the molecule is COc1cc2nccc(Oc3cc(C)c(NC(=O)[S-])cc3C)c2cc1OC. The van der Waals surface area contributed by atoms with E-state index >= 15 is 0 Å². The standard InChI is InChI=1S/C20H20N2O4S/c1-11-8-17(12(2)7-14(11)22-20(23)27)26-16-5-6-21-15-10-19(25-4)18(24-3)9-13(15)16/h5-10H,1-4H3,(H2,22,23,27)/p-1. The summed E-state index contributed by atoms with van der Waals surface area (Å²) >= 11 is 4.59. The fourth-order valence-corrected chi connectivity index (χ4v) is 2.91. The zero-order chi connectivity index (χ0) is 19.6. The fourth-order valence-electron chi connectivity index (χ4n) is 2.80. The van der Waals surface area contributed by atoms with Gasteiger partial charge in [-0.05, 0) is 49.2 Å². The van der Waals surface area contributed by atoms with Crippen molar-refractivity contribution in [3.8, 4) is 23.0 Å². The lowest BCUT2D eigenvalue weighted by Gasteiger charge is -2.16. The van der Waals surface area contributed by atoms with Crippen LogP contribution in [-0.4, -0.2) is 24.4 Å². The van der Waals surface area contributed by atoms with Crippen LogP contribution in [0.15, 0.2) is 36.5 Å². The predicted molar refractivity (Wildman–Crippen MR) is 107 cm³/mol. The molecule has 0 fully saturated rings. The summed E-state index contributed by atoms with van der Waals surface area (Å²) in [6, 6.07) is 9.14. The number of rotatable bonds is 5. The van der Waals surface area contributed by atoms with E-state index in [0.29, 0.717) is 28.7 Å². The molecule has 1 amide bonds. The number of hydrogen-bond acceptors (Lipinski definition) is 6. The zero-order valence-electron chi connectivity index (χ0n) is 15.5. The summed E-state index contributed by atoms with van der Waals surface area (Å²) < 4.78 is 16.9. The third-order valence-corrected chi connectivity index (χ3v) is 4.29. The van der Waals surface area contributed by atoms with Crippen molar-refractivity contribution in [2.45, 2.75) is 13.8 Å². The number of carbonyl (C=O) groups excluding carboxylic acids is 1. The van der Waals surface area contributed by atoms with Crippen LogP contribution in [0.3, 0.4) is 0 Å². The Labute approximate surface area is 162 Å². The summed E-state index contributed by atoms with van der Waals surface area (Å²) in [6.45, 7) is 3.78. The zero-order valence-corrected chi connectivity index (χ0v) is 16.3. The first-order chi connectivity index (χ1) is 12.9. The van der Waals surface area contributed by atoms with Gasteiger partial charge in [0.1, 0.15) is 16.7 Å². The third kappa shape index (κ3) is 3.88. The number of fused-ring (bicyclic) bond motifs is 1. The van der Waals surface area contributed by atoms with Crippen LogP contribution in [0, 0.1) is 13.8 Å². The summed E-state index contributed by atoms with van der Waals surface area (Å²) in [6.07, 6.45) is 1.68. The molecule has 1 heterocycles. The highest BCUT2D eigenvalue weighted by Gasteiger charge is 2.13. The van der Waals surface area contributed by atoms with Gasteiger partial charge in [0.05, 0.1) is 19.7 Å². The first kappa shape index (κ1) is 18.7. The fraction of sp³-hybridized carbons (Fsp3) is 0.200. The number of carbonyl (C=O) groups is 1. The van der Waals surface area contributed by atoms with Gasteiger partial charge in [0.15, 0.2) is 11.5 Å². The maximum Gasteiger partial charge on any atom is 0.162 e. The molecular formula is C20H19N2O4S-. The number of aryl methyl sites for hydroxylation is 2. The van der Waals surface area contributed by atoms with Gasteiger partial charge in [-0.15, -0.1) is 0 Å². The first-order valence-electron chi connectivity index (χ1n) is 8.20. The van der Waals surface area contributed by atoms with E-state index in [4.69, 9.17) is 14.2 Å². The molecule has 1 aromatic heterocycles. The second-order valence-electron chi connectivity index (χ2n) is 5.98. The number of benzene rings is 2. The van der Waals surface area contributed by atoms with Crippen LogP contribution in [0.5, 0.6) is 23.0 Å². The first-order valence-corrected chi connectivity index (χ1v) is 8.61. The minimum atomic E-state index is -0.521. The second kappa shape index (κ2) is 7.67. The molecule has 0 aliphatic carbocycles. The molecule has 0 aliphatic heterocycles. The molecule has 7 heteroatoms. The van der Waals surface area contributed by atoms with Crippen molar-refractivity contribution in [1.82, 2.24) is 4.98 Å². The molecule has 0 atom stereocenters. The Hall–Kier alpha value is -3.06. The molecule has 0 saturated heterocycles. The Kier molecular flexibility index (Phi) is 5.32. The van der Waals surface area contributed by atoms with Gasteiger partial charge in [0.2, 0.25) is 0 Å². The number of pyridine rings is 1. The number of ether oxygens (including phenoxy) is 3. The Morgan fingerprint density at radius 1 is 0.963 bits per heavy atom. The largest absolute Gasteiger partial charge is 0.719 e. The van der Waals surface area contributed by atoms with Gasteiger partial charge in [0, 0.05) is 23.3 Å². The summed E-state index contributed by atoms with van der Waals surface area (Å²) in [7, 11) is 3.17. The van der Waals surface area contributed by atoms with Crippen molar-refractivity contribution < 1.29 is 19.0 Å². The van der Waals surface area contributed by atoms with Crippen LogP contribution in [0.2, 0.25) is 0 Å². The Morgan fingerprint density at radius 2 is 1.67 bits per heavy atom. The van der Waals surface area contributed by atoms with Gasteiger partial charge in [-0.1, -0.05) is 0 Å². The lowest BCUT2D eigenvalue weighted by molar-refractivity contribution is 0.270. The quantitative estimate of drug-likeness (QED) is 0.642. The van der Waals surface area contributed by atoms with Crippen molar-refractivity contribution >= 4 is 34.5 Å². The lowest BCUT2D eigenvalue weighted by Crippen LogP contribution is -2.06. The minimum absolute atomic E-state index is 0.521. The summed E-state index contributed by atoms with van der Waals surface area (Å²) in [5.41, 5.74) is 3.12. The minimum Gasteiger partial charge on any atom is -0.719 e. The number of aromatic nitrogens is 1. The van der Waals surface area contributed by atoms with Crippen LogP contribution >= 0.6 is 0 Å². The van der Waals surface area contributed by atoms with Crippen molar-refractivity contribution in [1.29, 1.82) is 0 Å². The number of hydrogen-bond donors (Lipinski definition) is 1. The van der Waals surface area contributed by atoms with Gasteiger partial charge < -0.3 is 37.0 Å². The van der Waals surface area contributed by atoms with Crippen molar-refractivity contribution in [3.05, 3.63) is 47.7 Å². The lowest BCUT2D eigenvalue weighted by atomic mass is 10.1. The van der Waals surface area contributed by atoms with Crippen molar-refractivity contribution in [2.24, 2.45) is 0 Å². The average molecular weight is 383 g/mol. The molecule has 3 rings (SSSR count). The average Bonchev–Trinajstić information content (AvgIpc) is 2.64. The van der Waals surface area contributed by atoms with Gasteiger partial charge >= 0.3 is 0 Å². The molecular weight excluding hydrogens is 364 g/mol. The van der Waals surface area contributed by atoms with Crippen LogP contribution in [0.25, 0.3) is 10.9 Å². The van der Waals surface area contributed by atoms with Gasteiger partial charge in [0.25, 0.3) is 0 Å². The highest BCUT2D eigenvalue weighted by molar-refractivity contribution is 7.77. The molecule has 2 aromatic carbocycles. The van der Waals surface area contributed by atoms with E-state index in [1.807, 2.05) is 32.0 Å². The summed E-state index contributed by atoms with van der Waals surface area (Å²) in [4.78, 5) is 15.5.